The summed E-state index contributed by atoms with van der Waals surface area (Å²) in [7, 11) is 0. The SMILES string of the molecule is O=C(OCc1nc2ccccc2o1)c1ccc2c(=O)n3c(nc2c1)CCCCCC3. The number of rotatable bonds is 3. The zero-order valence-corrected chi connectivity index (χ0v) is 16.5. The smallest absolute Gasteiger partial charge is 0.338 e. The summed E-state index contributed by atoms with van der Waals surface area (Å²) < 4.78 is 12.7. The van der Waals surface area contributed by atoms with Gasteiger partial charge in [0.05, 0.1) is 16.5 Å². The number of nitrogens with zero attached hydrogens (tertiary/aromatic N) is 3. The van der Waals surface area contributed by atoms with E-state index >= 15 is 0 Å². The van der Waals surface area contributed by atoms with Crippen molar-refractivity contribution >= 4 is 28.0 Å². The van der Waals surface area contributed by atoms with Crippen LogP contribution in [-0.4, -0.2) is 20.5 Å². The quantitative estimate of drug-likeness (QED) is 0.480. The van der Waals surface area contributed by atoms with Gasteiger partial charge in [-0.15, -0.1) is 0 Å². The molecule has 30 heavy (non-hydrogen) atoms. The van der Waals surface area contributed by atoms with Gasteiger partial charge in [0.1, 0.15) is 11.3 Å². The average Bonchev–Trinajstić information content (AvgIpc) is 3.16. The summed E-state index contributed by atoms with van der Waals surface area (Å²) in [4.78, 5) is 34.4. The Bertz CT molecular complexity index is 1270. The molecule has 7 heteroatoms. The molecule has 0 N–H and O–H groups in total. The first-order valence-corrected chi connectivity index (χ1v) is 10.2. The van der Waals surface area contributed by atoms with Crippen molar-refractivity contribution in [3.63, 3.8) is 0 Å². The number of hydrogen-bond donors (Lipinski definition) is 0. The second-order valence-electron chi connectivity index (χ2n) is 7.53. The van der Waals surface area contributed by atoms with Crippen molar-refractivity contribution in [1.82, 2.24) is 14.5 Å². The molecule has 0 saturated carbocycles. The van der Waals surface area contributed by atoms with Gasteiger partial charge in [0.25, 0.3) is 5.56 Å². The van der Waals surface area contributed by atoms with E-state index in [1.54, 1.807) is 22.8 Å². The number of esters is 1. The lowest BCUT2D eigenvalue weighted by Gasteiger charge is -2.16. The van der Waals surface area contributed by atoms with Crippen LogP contribution in [0.4, 0.5) is 0 Å². The molecule has 2 aromatic heterocycles. The third kappa shape index (κ3) is 3.47. The molecule has 0 bridgehead atoms. The van der Waals surface area contributed by atoms with E-state index in [4.69, 9.17) is 14.1 Å². The molecule has 0 aliphatic carbocycles. The van der Waals surface area contributed by atoms with Crippen LogP contribution in [0.3, 0.4) is 0 Å². The summed E-state index contributed by atoms with van der Waals surface area (Å²) in [5.74, 6) is 0.625. The van der Waals surface area contributed by atoms with E-state index in [1.165, 1.54) is 0 Å². The molecule has 2 aromatic carbocycles. The number of ether oxygens (including phenoxy) is 1. The third-order valence-corrected chi connectivity index (χ3v) is 5.47. The van der Waals surface area contributed by atoms with Crippen LogP contribution in [-0.2, 0) is 24.3 Å². The maximum Gasteiger partial charge on any atom is 0.338 e. The summed E-state index contributed by atoms with van der Waals surface area (Å²) in [6, 6.07) is 12.3. The number of benzene rings is 2. The molecular formula is C23H21N3O4. The van der Waals surface area contributed by atoms with E-state index < -0.39 is 5.97 Å². The molecule has 3 heterocycles. The lowest BCUT2D eigenvalue weighted by molar-refractivity contribution is 0.0440. The van der Waals surface area contributed by atoms with Crippen LogP contribution < -0.4 is 5.56 Å². The number of aryl methyl sites for hydroxylation is 1. The summed E-state index contributed by atoms with van der Waals surface area (Å²) in [5.41, 5.74) is 2.21. The van der Waals surface area contributed by atoms with Crippen molar-refractivity contribution in [2.45, 2.75) is 45.3 Å². The molecule has 0 fully saturated rings. The first kappa shape index (κ1) is 18.5. The van der Waals surface area contributed by atoms with Crippen molar-refractivity contribution in [2.24, 2.45) is 0 Å². The minimum atomic E-state index is -0.507. The molecule has 0 saturated heterocycles. The number of fused-ring (bicyclic) bond motifs is 3. The highest BCUT2D eigenvalue weighted by atomic mass is 16.5. The average molecular weight is 403 g/mol. The van der Waals surface area contributed by atoms with Crippen molar-refractivity contribution in [3.05, 3.63) is 70.1 Å². The van der Waals surface area contributed by atoms with Crippen molar-refractivity contribution in [3.8, 4) is 0 Å². The predicted octanol–water partition coefficient (Wildman–Crippen LogP) is 4.01. The monoisotopic (exact) mass is 403 g/mol. The Morgan fingerprint density at radius 3 is 2.80 bits per heavy atom. The van der Waals surface area contributed by atoms with E-state index in [0.29, 0.717) is 34.5 Å². The Balaban J connectivity index is 1.40. The fourth-order valence-electron chi connectivity index (χ4n) is 3.91. The number of hydrogen-bond acceptors (Lipinski definition) is 6. The maximum absolute atomic E-state index is 12.9. The summed E-state index contributed by atoms with van der Waals surface area (Å²) >= 11 is 0. The van der Waals surface area contributed by atoms with Crippen LogP contribution in [0.1, 0.15) is 47.8 Å². The van der Waals surface area contributed by atoms with Crippen molar-refractivity contribution in [1.29, 1.82) is 0 Å². The molecule has 1 aliphatic heterocycles. The number of carbonyl (C=O) groups excluding carboxylic acids is 1. The molecule has 7 nitrogen and oxygen atoms in total. The fraction of sp³-hybridized carbons (Fsp3) is 0.304. The Hall–Kier alpha value is -3.48. The maximum atomic E-state index is 12.9. The van der Waals surface area contributed by atoms with Gasteiger partial charge in [-0.2, -0.15) is 0 Å². The fourth-order valence-corrected chi connectivity index (χ4v) is 3.91. The van der Waals surface area contributed by atoms with Gasteiger partial charge in [-0.3, -0.25) is 9.36 Å². The Morgan fingerprint density at radius 2 is 1.90 bits per heavy atom. The Labute approximate surface area is 172 Å². The molecule has 0 radical (unpaired) electrons. The first-order valence-electron chi connectivity index (χ1n) is 10.2. The number of oxazole rings is 1. The van der Waals surface area contributed by atoms with Gasteiger partial charge in [-0.1, -0.05) is 25.0 Å². The highest BCUT2D eigenvalue weighted by Gasteiger charge is 2.16. The Morgan fingerprint density at radius 1 is 1.03 bits per heavy atom. The minimum Gasteiger partial charge on any atom is -0.452 e. The van der Waals surface area contributed by atoms with Crippen LogP contribution in [0.25, 0.3) is 22.0 Å². The summed E-state index contributed by atoms with van der Waals surface area (Å²) in [6.45, 7) is 0.636. The highest BCUT2D eigenvalue weighted by molar-refractivity contribution is 5.94. The standard InChI is InChI=1S/C23H21N3O4/c27-22-16-11-10-15(13-18(16)24-20-9-3-1-2-6-12-26(20)22)23(28)29-14-21-25-17-7-4-5-8-19(17)30-21/h4-5,7-8,10-11,13H,1-3,6,9,12,14H2. The van der Waals surface area contributed by atoms with Crippen LogP contribution >= 0.6 is 0 Å². The lowest BCUT2D eigenvalue weighted by Crippen LogP contribution is -2.26. The van der Waals surface area contributed by atoms with E-state index in [-0.39, 0.29) is 12.2 Å². The second kappa shape index (κ2) is 7.74. The zero-order chi connectivity index (χ0) is 20.5. The van der Waals surface area contributed by atoms with Gasteiger partial charge in [0.2, 0.25) is 5.89 Å². The van der Waals surface area contributed by atoms with Crippen LogP contribution in [0.2, 0.25) is 0 Å². The molecule has 0 amide bonds. The van der Waals surface area contributed by atoms with E-state index in [2.05, 4.69) is 4.98 Å². The van der Waals surface area contributed by atoms with Crippen LogP contribution in [0, 0.1) is 0 Å². The van der Waals surface area contributed by atoms with Gasteiger partial charge >= 0.3 is 5.97 Å². The molecule has 0 atom stereocenters. The summed E-state index contributed by atoms with van der Waals surface area (Å²) in [5, 5.41) is 0.523. The van der Waals surface area contributed by atoms with Gasteiger partial charge in [0.15, 0.2) is 12.2 Å². The second-order valence-corrected chi connectivity index (χ2v) is 7.53. The predicted molar refractivity (Wildman–Crippen MR) is 111 cm³/mol. The highest BCUT2D eigenvalue weighted by Crippen LogP contribution is 2.18. The minimum absolute atomic E-state index is 0.0386. The van der Waals surface area contributed by atoms with Crippen molar-refractivity contribution < 1.29 is 13.9 Å². The molecule has 4 aromatic rings. The van der Waals surface area contributed by atoms with Gasteiger partial charge in [0, 0.05) is 13.0 Å². The normalized spacial score (nSPS) is 14.3. The van der Waals surface area contributed by atoms with E-state index in [9.17, 15) is 9.59 Å². The number of para-hydroxylation sites is 2. The lowest BCUT2D eigenvalue weighted by atomic mass is 10.1. The molecule has 0 spiro atoms. The van der Waals surface area contributed by atoms with E-state index in [0.717, 1.165) is 43.4 Å². The van der Waals surface area contributed by atoms with Gasteiger partial charge in [-0.25, -0.2) is 14.8 Å². The summed E-state index contributed by atoms with van der Waals surface area (Å²) in [6.07, 6.45) is 5.06. The van der Waals surface area contributed by atoms with Gasteiger partial charge in [-0.05, 0) is 43.2 Å². The number of carbonyl (C=O) groups is 1. The third-order valence-electron chi connectivity index (χ3n) is 5.47. The van der Waals surface area contributed by atoms with Crippen molar-refractivity contribution in [2.75, 3.05) is 0 Å². The molecule has 152 valence electrons. The number of aromatic nitrogens is 3. The molecule has 0 unspecified atom stereocenters. The van der Waals surface area contributed by atoms with Crippen LogP contribution in [0.15, 0.2) is 51.7 Å². The molecular weight excluding hydrogens is 382 g/mol. The molecule has 1 aliphatic rings. The van der Waals surface area contributed by atoms with Gasteiger partial charge < -0.3 is 9.15 Å². The van der Waals surface area contributed by atoms with Crippen LogP contribution in [0.5, 0.6) is 0 Å². The largest absolute Gasteiger partial charge is 0.452 e. The Kier molecular flexibility index (Phi) is 4.78. The zero-order valence-electron chi connectivity index (χ0n) is 16.5. The topological polar surface area (TPSA) is 87.2 Å². The molecule has 5 rings (SSSR count). The first-order chi connectivity index (χ1) is 14.7. The van der Waals surface area contributed by atoms with E-state index in [1.807, 2.05) is 24.3 Å².